The highest BCUT2D eigenvalue weighted by molar-refractivity contribution is 14.1. The molecule has 0 aliphatic carbocycles. The summed E-state index contributed by atoms with van der Waals surface area (Å²) >= 11 is 2.27. The van der Waals surface area contributed by atoms with E-state index >= 15 is 0 Å². The minimum atomic E-state index is -1.09. The van der Waals surface area contributed by atoms with Gasteiger partial charge in [0.05, 0.1) is 41.3 Å². The molecule has 7 nitrogen and oxygen atoms in total. The number of rotatable bonds is 4. The quantitative estimate of drug-likeness (QED) is 0.263. The van der Waals surface area contributed by atoms with E-state index in [-0.39, 0.29) is 5.56 Å². The highest BCUT2D eigenvalue weighted by Gasteiger charge is 2.36. The van der Waals surface area contributed by atoms with Crippen molar-refractivity contribution < 1.29 is 0 Å². The monoisotopic (exact) mass is 572 g/mol. The number of benzene rings is 1. The average molecular weight is 572 g/mol. The third kappa shape index (κ3) is 3.83. The van der Waals surface area contributed by atoms with Crippen molar-refractivity contribution in [1.29, 1.82) is 0 Å². The van der Waals surface area contributed by atoms with Crippen LogP contribution in [0.4, 0.5) is 0 Å². The highest BCUT2D eigenvalue weighted by Crippen LogP contribution is 2.36. The molecule has 35 heavy (non-hydrogen) atoms. The number of aromatic nitrogens is 5. The lowest BCUT2D eigenvalue weighted by Crippen LogP contribution is -2.41. The van der Waals surface area contributed by atoms with Crippen LogP contribution in [0.3, 0.4) is 0 Å². The van der Waals surface area contributed by atoms with E-state index in [1.54, 1.807) is 42.5 Å². The van der Waals surface area contributed by atoms with Crippen LogP contribution in [0.15, 0.2) is 78.1 Å². The first-order valence-electron chi connectivity index (χ1n) is 10.8. The molecular weight excluding hydrogens is 551 g/mol. The number of nitrogens with zero attached hydrogens (tertiary/aromatic N) is 5. The molecule has 172 valence electrons. The van der Waals surface area contributed by atoms with Crippen LogP contribution in [0.1, 0.15) is 22.6 Å². The molecule has 0 radical (unpaired) electrons. The lowest BCUT2D eigenvalue weighted by Gasteiger charge is -2.30. The Hall–Kier alpha value is -3.81. The first-order chi connectivity index (χ1) is 16.8. The first-order valence-corrected chi connectivity index (χ1v) is 11.9. The van der Waals surface area contributed by atoms with Gasteiger partial charge in [0, 0.05) is 34.7 Å². The highest BCUT2D eigenvalue weighted by atomic mass is 127. The largest absolute Gasteiger partial charge is 0.335 e. The van der Waals surface area contributed by atoms with Gasteiger partial charge in [-0.3, -0.25) is 9.78 Å². The second kappa shape index (κ2) is 8.76. The summed E-state index contributed by atoms with van der Waals surface area (Å²) in [5.74, 6) is 2.56. The predicted octanol–water partition coefficient (Wildman–Crippen LogP) is 3.57. The number of terminal acetylenes is 1. The molecule has 0 saturated heterocycles. The number of pyridine rings is 3. The summed E-state index contributed by atoms with van der Waals surface area (Å²) in [7, 11) is 3.62. The number of nitrogens with two attached hydrogens (primary N) is 1. The number of hydrogen-bond donors (Lipinski definition) is 1. The Morgan fingerprint density at radius 2 is 1.86 bits per heavy atom. The Kier molecular flexibility index (Phi) is 5.75. The van der Waals surface area contributed by atoms with Gasteiger partial charge in [-0.1, -0.05) is 24.1 Å². The SMILES string of the molecule is C#Cc1cccc(-c2cc(=O)n(C)c3cnc([C@](N)(c4ccc(I)cc4)c4cncn4C)cc23)n1. The van der Waals surface area contributed by atoms with Crippen LogP contribution in [0.5, 0.6) is 0 Å². The van der Waals surface area contributed by atoms with Gasteiger partial charge >= 0.3 is 0 Å². The van der Waals surface area contributed by atoms with E-state index in [2.05, 4.69) is 38.5 Å². The summed E-state index contributed by atoms with van der Waals surface area (Å²) < 4.78 is 4.55. The first kappa shape index (κ1) is 23.0. The fourth-order valence-corrected chi connectivity index (χ4v) is 4.68. The number of fused-ring (bicyclic) bond motifs is 1. The van der Waals surface area contributed by atoms with Crippen molar-refractivity contribution in [2.45, 2.75) is 5.54 Å². The Bertz CT molecular complexity index is 1680. The van der Waals surface area contributed by atoms with Crippen molar-refractivity contribution >= 4 is 33.5 Å². The smallest absolute Gasteiger partial charge is 0.251 e. The van der Waals surface area contributed by atoms with Crippen LogP contribution in [0.25, 0.3) is 22.2 Å². The average Bonchev–Trinajstić information content (AvgIpc) is 3.32. The maximum Gasteiger partial charge on any atom is 0.251 e. The Morgan fingerprint density at radius 3 is 2.54 bits per heavy atom. The van der Waals surface area contributed by atoms with Crippen molar-refractivity contribution in [3.8, 4) is 23.6 Å². The van der Waals surface area contributed by atoms with Gasteiger partial charge in [0.2, 0.25) is 0 Å². The minimum Gasteiger partial charge on any atom is -0.335 e. The van der Waals surface area contributed by atoms with E-state index in [4.69, 9.17) is 17.1 Å². The summed E-state index contributed by atoms with van der Waals surface area (Å²) in [5, 5.41) is 0.793. The standard InChI is InChI=1S/C27H21IN6O/c1-4-19-6-5-7-22(32-19)20-13-26(35)34(3)23-14-31-24(12-21(20)23)27(29,25-15-30-16-33(25)2)17-8-10-18(28)11-9-17/h1,5-16H,29H2,2-3H3/t27-/m1/s1. The minimum absolute atomic E-state index is 0.168. The second-order valence-electron chi connectivity index (χ2n) is 8.30. The summed E-state index contributed by atoms with van der Waals surface area (Å²) in [4.78, 5) is 26.4. The molecule has 0 unspecified atom stereocenters. The molecule has 0 saturated carbocycles. The molecule has 0 aliphatic heterocycles. The van der Waals surface area contributed by atoms with Gasteiger partial charge < -0.3 is 14.9 Å². The molecule has 1 atom stereocenters. The van der Waals surface area contributed by atoms with Gasteiger partial charge in [0.1, 0.15) is 11.2 Å². The molecule has 0 fully saturated rings. The van der Waals surface area contributed by atoms with Crippen molar-refractivity contribution in [3.63, 3.8) is 0 Å². The molecule has 0 bridgehead atoms. The van der Waals surface area contributed by atoms with E-state index in [0.717, 1.165) is 20.2 Å². The van der Waals surface area contributed by atoms with Crippen molar-refractivity contribution in [2.75, 3.05) is 0 Å². The number of hydrogen-bond acceptors (Lipinski definition) is 5. The second-order valence-corrected chi connectivity index (χ2v) is 9.54. The van der Waals surface area contributed by atoms with Crippen LogP contribution in [0, 0.1) is 15.9 Å². The van der Waals surface area contributed by atoms with Crippen LogP contribution in [-0.2, 0) is 19.6 Å². The molecule has 0 spiro atoms. The maximum absolute atomic E-state index is 12.8. The van der Waals surface area contributed by atoms with Crippen LogP contribution in [0.2, 0.25) is 0 Å². The fraction of sp³-hybridized carbons (Fsp3) is 0.111. The molecule has 5 aromatic rings. The van der Waals surface area contributed by atoms with Gasteiger partial charge in [-0.2, -0.15) is 0 Å². The molecular formula is C27H21IN6O. The number of imidazole rings is 1. The molecule has 1 aromatic carbocycles. The molecule has 0 aliphatic rings. The molecule has 4 heterocycles. The summed E-state index contributed by atoms with van der Waals surface area (Å²) in [6, 6.07) is 17.0. The lowest BCUT2D eigenvalue weighted by molar-refractivity contribution is 0.579. The van der Waals surface area contributed by atoms with E-state index in [1.807, 2.05) is 54.1 Å². The zero-order chi connectivity index (χ0) is 24.7. The van der Waals surface area contributed by atoms with E-state index in [0.29, 0.717) is 28.2 Å². The number of aryl methyl sites for hydroxylation is 2. The predicted molar refractivity (Wildman–Crippen MR) is 145 cm³/mol. The third-order valence-electron chi connectivity index (χ3n) is 6.23. The Morgan fingerprint density at radius 1 is 1.09 bits per heavy atom. The van der Waals surface area contributed by atoms with Gasteiger partial charge in [-0.25, -0.2) is 9.97 Å². The van der Waals surface area contributed by atoms with Crippen LogP contribution >= 0.6 is 22.6 Å². The van der Waals surface area contributed by atoms with Crippen molar-refractivity contribution in [1.82, 2.24) is 24.1 Å². The normalized spacial score (nSPS) is 12.9. The van der Waals surface area contributed by atoms with Gasteiger partial charge in [0.15, 0.2) is 0 Å². The number of halogens is 1. The van der Waals surface area contributed by atoms with Crippen LogP contribution < -0.4 is 11.3 Å². The maximum atomic E-state index is 12.8. The molecule has 0 amide bonds. The zero-order valence-electron chi connectivity index (χ0n) is 19.1. The van der Waals surface area contributed by atoms with Gasteiger partial charge in [-0.05, 0) is 58.5 Å². The molecule has 4 aromatic heterocycles. The zero-order valence-corrected chi connectivity index (χ0v) is 21.3. The third-order valence-corrected chi connectivity index (χ3v) is 6.95. The van der Waals surface area contributed by atoms with Gasteiger partial charge in [0.25, 0.3) is 5.56 Å². The summed E-state index contributed by atoms with van der Waals surface area (Å²) in [5.41, 5.74) is 10.6. The summed E-state index contributed by atoms with van der Waals surface area (Å²) in [6.45, 7) is 0. The lowest BCUT2D eigenvalue weighted by atomic mass is 9.83. The van der Waals surface area contributed by atoms with E-state index in [1.165, 1.54) is 0 Å². The van der Waals surface area contributed by atoms with Crippen molar-refractivity contribution in [2.24, 2.45) is 19.8 Å². The van der Waals surface area contributed by atoms with Crippen LogP contribution in [-0.4, -0.2) is 24.1 Å². The molecule has 5 rings (SSSR count). The molecule has 8 heteroatoms. The summed E-state index contributed by atoms with van der Waals surface area (Å²) in [6.07, 6.45) is 10.7. The Balaban J connectivity index is 1.84. The van der Waals surface area contributed by atoms with Gasteiger partial charge in [-0.15, -0.1) is 6.42 Å². The molecule has 2 N–H and O–H groups in total. The fourth-order valence-electron chi connectivity index (χ4n) is 4.32. The topological polar surface area (TPSA) is 91.6 Å². The van der Waals surface area contributed by atoms with E-state index < -0.39 is 5.54 Å². The van der Waals surface area contributed by atoms with Crippen molar-refractivity contribution in [3.05, 3.63) is 110 Å². The Labute approximate surface area is 215 Å². The van der Waals surface area contributed by atoms with E-state index in [9.17, 15) is 4.79 Å².